The van der Waals surface area contributed by atoms with Crippen molar-refractivity contribution in [2.75, 3.05) is 13.1 Å². The van der Waals surface area contributed by atoms with Crippen molar-refractivity contribution in [3.63, 3.8) is 0 Å². The Morgan fingerprint density at radius 2 is 2.00 bits per heavy atom. The second-order valence-electron chi connectivity index (χ2n) is 6.79. The Kier molecular flexibility index (Phi) is 4.58. The predicted octanol–water partition coefficient (Wildman–Crippen LogP) is 2.54. The second-order valence-corrected chi connectivity index (χ2v) is 6.79. The molecule has 7 heteroatoms. The first-order chi connectivity index (χ1) is 13.1. The van der Waals surface area contributed by atoms with Gasteiger partial charge < -0.3 is 10.0 Å². The van der Waals surface area contributed by atoms with Crippen molar-refractivity contribution in [3.8, 4) is 0 Å². The van der Waals surface area contributed by atoms with Gasteiger partial charge in [-0.25, -0.2) is 4.98 Å². The van der Waals surface area contributed by atoms with Crippen molar-refractivity contribution >= 4 is 22.8 Å². The number of carboxylic acids is 1. The third kappa shape index (κ3) is 3.53. The Bertz CT molecular complexity index is 998. The molecule has 0 aliphatic carbocycles. The van der Waals surface area contributed by atoms with Crippen LogP contribution < -0.4 is 0 Å². The summed E-state index contributed by atoms with van der Waals surface area (Å²) in [5, 5.41) is 14.2. The SMILES string of the molecule is O=C(O)Cn1nccc1[C@@H]1CCCN(C(=O)c2ccc3ccccc3n2)C1. The quantitative estimate of drug-likeness (QED) is 0.768. The molecule has 3 aromatic rings. The molecule has 3 heterocycles. The van der Waals surface area contributed by atoms with Gasteiger partial charge in [0.1, 0.15) is 12.2 Å². The van der Waals surface area contributed by atoms with Gasteiger partial charge in [0.15, 0.2) is 0 Å². The zero-order chi connectivity index (χ0) is 18.8. The van der Waals surface area contributed by atoms with Crippen LogP contribution >= 0.6 is 0 Å². The summed E-state index contributed by atoms with van der Waals surface area (Å²) in [6, 6.07) is 13.2. The topological polar surface area (TPSA) is 88.3 Å². The summed E-state index contributed by atoms with van der Waals surface area (Å²) < 4.78 is 1.51. The molecular formula is C20H20N4O3. The fraction of sp³-hybridized carbons (Fsp3) is 0.300. The van der Waals surface area contributed by atoms with Crippen molar-refractivity contribution in [3.05, 3.63) is 60.0 Å². The number of fused-ring (bicyclic) bond motifs is 1. The number of nitrogens with zero attached hydrogens (tertiary/aromatic N) is 4. The molecule has 1 atom stereocenters. The summed E-state index contributed by atoms with van der Waals surface area (Å²) >= 11 is 0. The molecule has 7 nitrogen and oxygen atoms in total. The van der Waals surface area contributed by atoms with Gasteiger partial charge in [-0.1, -0.05) is 24.3 Å². The molecule has 1 aromatic carbocycles. The largest absolute Gasteiger partial charge is 0.480 e. The van der Waals surface area contributed by atoms with E-state index in [1.165, 1.54) is 4.68 Å². The average molecular weight is 364 g/mol. The van der Waals surface area contributed by atoms with Crippen LogP contribution in [-0.4, -0.2) is 49.7 Å². The number of hydrogen-bond acceptors (Lipinski definition) is 4. The van der Waals surface area contributed by atoms with E-state index >= 15 is 0 Å². The van der Waals surface area contributed by atoms with Crippen molar-refractivity contribution in [2.45, 2.75) is 25.3 Å². The summed E-state index contributed by atoms with van der Waals surface area (Å²) in [7, 11) is 0. The zero-order valence-electron chi connectivity index (χ0n) is 14.8. The molecule has 1 aliphatic rings. The smallest absolute Gasteiger partial charge is 0.325 e. The van der Waals surface area contributed by atoms with Gasteiger partial charge in [-0.2, -0.15) is 5.10 Å². The monoisotopic (exact) mass is 364 g/mol. The van der Waals surface area contributed by atoms with Gasteiger partial charge in [-0.3, -0.25) is 14.3 Å². The molecule has 1 fully saturated rings. The lowest BCUT2D eigenvalue weighted by molar-refractivity contribution is -0.137. The Hall–Kier alpha value is -3.22. The van der Waals surface area contributed by atoms with E-state index < -0.39 is 5.97 Å². The van der Waals surface area contributed by atoms with Gasteiger partial charge in [0.2, 0.25) is 0 Å². The highest BCUT2D eigenvalue weighted by Crippen LogP contribution is 2.27. The highest BCUT2D eigenvalue weighted by molar-refractivity contribution is 5.95. The molecule has 0 saturated carbocycles. The summed E-state index contributed by atoms with van der Waals surface area (Å²) in [6.45, 7) is 1.05. The van der Waals surface area contributed by atoms with E-state index in [4.69, 9.17) is 5.11 Å². The van der Waals surface area contributed by atoms with Crippen LogP contribution in [0.15, 0.2) is 48.7 Å². The van der Waals surface area contributed by atoms with Gasteiger partial charge in [-0.05, 0) is 31.0 Å². The van der Waals surface area contributed by atoms with Crippen LogP contribution in [0.4, 0.5) is 0 Å². The van der Waals surface area contributed by atoms with Crippen LogP contribution in [0.25, 0.3) is 10.9 Å². The fourth-order valence-electron chi connectivity index (χ4n) is 3.70. The summed E-state index contributed by atoms with van der Waals surface area (Å²) in [5.41, 5.74) is 2.10. The minimum absolute atomic E-state index is 0.0741. The van der Waals surface area contributed by atoms with E-state index in [9.17, 15) is 9.59 Å². The molecule has 4 rings (SSSR count). The maximum atomic E-state index is 13.0. The summed E-state index contributed by atoms with van der Waals surface area (Å²) in [5.74, 6) is -0.941. The van der Waals surface area contributed by atoms with E-state index in [0.29, 0.717) is 18.8 Å². The minimum Gasteiger partial charge on any atom is -0.480 e. The third-order valence-electron chi connectivity index (χ3n) is 4.98. The Labute approximate surface area is 156 Å². The van der Waals surface area contributed by atoms with Crippen molar-refractivity contribution in [1.29, 1.82) is 0 Å². The van der Waals surface area contributed by atoms with Gasteiger partial charge in [0, 0.05) is 36.3 Å². The summed E-state index contributed by atoms with van der Waals surface area (Å²) in [6.07, 6.45) is 3.38. The molecule has 1 N–H and O–H groups in total. The van der Waals surface area contributed by atoms with Crippen LogP contribution in [0, 0.1) is 0 Å². The fourth-order valence-corrected chi connectivity index (χ4v) is 3.70. The van der Waals surface area contributed by atoms with Crippen LogP contribution in [0.2, 0.25) is 0 Å². The van der Waals surface area contributed by atoms with Crippen molar-refractivity contribution in [1.82, 2.24) is 19.7 Å². The molecule has 27 heavy (non-hydrogen) atoms. The molecule has 0 radical (unpaired) electrons. The second kappa shape index (κ2) is 7.19. The Morgan fingerprint density at radius 1 is 1.15 bits per heavy atom. The first kappa shape index (κ1) is 17.2. The Morgan fingerprint density at radius 3 is 2.85 bits per heavy atom. The zero-order valence-corrected chi connectivity index (χ0v) is 14.8. The number of piperidine rings is 1. The lowest BCUT2D eigenvalue weighted by atomic mass is 9.94. The van der Waals surface area contributed by atoms with Gasteiger partial charge in [0.25, 0.3) is 5.91 Å². The summed E-state index contributed by atoms with van der Waals surface area (Å²) in [4.78, 5) is 30.3. The number of benzene rings is 1. The molecule has 138 valence electrons. The van der Waals surface area contributed by atoms with E-state index in [0.717, 1.165) is 29.4 Å². The maximum Gasteiger partial charge on any atom is 0.325 e. The first-order valence-corrected chi connectivity index (χ1v) is 9.00. The number of carboxylic acid groups (broad SMARTS) is 1. The van der Waals surface area contributed by atoms with Crippen LogP contribution in [0.3, 0.4) is 0 Å². The number of carbonyl (C=O) groups excluding carboxylic acids is 1. The molecule has 2 aromatic heterocycles. The number of hydrogen-bond donors (Lipinski definition) is 1. The minimum atomic E-state index is -0.927. The van der Waals surface area contributed by atoms with Gasteiger partial charge >= 0.3 is 5.97 Å². The number of para-hydroxylation sites is 1. The maximum absolute atomic E-state index is 13.0. The predicted molar refractivity (Wildman–Crippen MR) is 99.5 cm³/mol. The number of aromatic nitrogens is 3. The number of carbonyl (C=O) groups is 2. The molecule has 0 spiro atoms. The Balaban J connectivity index is 1.54. The van der Waals surface area contributed by atoms with E-state index in [1.807, 2.05) is 41.3 Å². The van der Waals surface area contributed by atoms with Crippen molar-refractivity contribution in [2.24, 2.45) is 0 Å². The molecule has 1 aliphatic heterocycles. The number of likely N-dealkylation sites (tertiary alicyclic amines) is 1. The van der Waals surface area contributed by atoms with Crippen LogP contribution in [0.5, 0.6) is 0 Å². The standard InChI is InChI=1S/C20H20N4O3/c25-19(26)13-24-18(9-10-21-24)15-5-3-11-23(12-15)20(27)17-8-7-14-4-1-2-6-16(14)22-17/h1-2,4,6-10,15H,3,5,11-13H2,(H,25,26)/t15-/m1/s1. The normalized spacial score (nSPS) is 17.2. The molecule has 0 bridgehead atoms. The lowest BCUT2D eigenvalue weighted by Crippen LogP contribution is -2.40. The molecule has 1 amide bonds. The number of amides is 1. The molecular weight excluding hydrogens is 344 g/mol. The number of rotatable bonds is 4. The average Bonchev–Trinajstić information content (AvgIpc) is 3.14. The third-order valence-corrected chi connectivity index (χ3v) is 4.98. The van der Waals surface area contributed by atoms with E-state index in [2.05, 4.69) is 10.1 Å². The number of pyridine rings is 1. The lowest BCUT2D eigenvalue weighted by Gasteiger charge is -2.32. The van der Waals surface area contributed by atoms with Crippen molar-refractivity contribution < 1.29 is 14.7 Å². The van der Waals surface area contributed by atoms with E-state index in [-0.39, 0.29) is 18.4 Å². The number of aliphatic carboxylic acids is 1. The highest BCUT2D eigenvalue weighted by Gasteiger charge is 2.28. The molecule has 1 saturated heterocycles. The van der Waals surface area contributed by atoms with E-state index in [1.54, 1.807) is 12.3 Å². The van der Waals surface area contributed by atoms with Crippen LogP contribution in [0.1, 0.15) is 34.9 Å². The molecule has 0 unspecified atom stereocenters. The first-order valence-electron chi connectivity index (χ1n) is 9.00. The highest BCUT2D eigenvalue weighted by atomic mass is 16.4. The van der Waals surface area contributed by atoms with Gasteiger partial charge in [-0.15, -0.1) is 0 Å². The van der Waals surface area contributed by atoms with Crippen LogP contribution in [-0.2, 0) is 11.3 Å². The van der Waals surface area contributed by atoms with Gasteiger partial charge in [0.05, 0.1) is 5.52 Å².